The van der Waals surface area contributed by atoms with Crippen LogP contribution in [0, 0.1) is 0 Å². The molecule has 2 N–H and O–H groups in total. The summed E-state index contributed by atoms with van der Waals surface area (Å²) in [5.74, 6) is 8.00. The molecule has 0 aromatic rings. The van der Waals surface area contributed by atoms with Crippen LogP contribution < -0.4 is 0 Å². The zero-order chi connectivity index (χ0) is 30.2. The topological polar surface area (TPSA) is 133 Å². The Morgan fingerprint density at radius 3 is 1.71 bits per heavy atom. The van der Waals surface area contributed by atoms with E-state index < -0.39 is 11.2 Å². The molecule has 0 rings (SSSR count). The molecule has 0 aromatic heterocycles. The van der Waals surface area contributed by atoms with Crippen molar-refractivity contribution in [2.75, 3.05) is 98.5 Å². The number of hydrogen-bond donors (Lipinski definition) is 2. The average molecular weight is 749 g/mol. The van der Waals surface area contributed by atoms with E-state index in [9.17, 15) is 18.9 Å². The summed E-state index contributed by atoms with van der Waals surface area (Å²) < 4.78 is 22.5. The second kappa shape index (κ2) is 34.5. The fourth-order valence-corrected chi connectivity index (χ4v) is 10.8. The van der Waals surface area contributed by atoms with Crippen molar-refractivity contribution in [3.63, 3.8) is 0 Å². The van der Waals surface area contributed by atoms with Crippen molar-refractivity contribution in [2.45, 2.75) is 25.7 Å². The van der Waals surface area contributed by atoms with Gasteiger partial charge in [-0.25, -0.2) is 0 Å². The molecule has 0 radical (unpaired) electrons. The van der Waals surface area contributed by atoms with Crippen LogP contribution in [0.2, 0.25) is 0 Å². The van der Waals surface area contributed by atoms with Gasteiger partial charge in [0.2, 0.25) is 0 Å². The number of carbonyl (C=O) groups is 3. The lowest BCUT2D eigenvalue weighted by Crippen LogP contribution is -2.14. The average Bonchev–Trinajstić information content (AvgIpc) is 2.96. The van der Waals surface area contributed by atoms with Crippen molar-refractivity contribution in [1.29, 1.82) is 0 Å². The summed E-state index contributed by atoms with van der Waals surface area (Å²) in [5.41, 5.74) is 0. The van der Waals surface area contributed by atoms with Gasteiger partial charge in [-0.15, -0.1) is 47.0 Å². The van der Waals surface area contributed by atoms with Gasteiger partial charge in [0.05, 0.1) is 24.7 Å². The third-order valence-electron chi connectivity index (χ3n) is 4.46. The Hall–Kier alpha value is 1.64. The van der Waals surface area contributed by atoms with E-state index in [1.165, 1.54) is 35.3 Å². The lowest BCUT2D eigenvalue weighted by molar-refractivity contribution is -0.143. The van der Waals surface area contributed by atoms with E-state index >= 15 is 0 Å². The van der Waals surface area contributed by atoms with Crippen LogP contribution >= 0.6 is 94.1 Å². The maximum atomic E-state index is 12.1. The Kier molecular flexibility index (Phi) is 35.9. The first-order valence-electron chi connectivity index (χ1n) is 13.1. The van der Waals surface area contributed by atoms with Crippen LogP contribution in [0.4, 0.5) is 0 Å². The van der Waals surface area contributed by atoms with Gasteiger partial charge in [-0.2, -0.15) is 35.3 Å². The molecule has 0 amide bonds. The molecule has 0 aromatic carbocycles. The monoisotopic (exact) mass is 748 g/mol. The van der Waals surface area contributed by atoms with Crippen LogP contribution in [0.1, 0.15) is 25.7 Å². The van der Waals surface area contributed by atoms with Gasteiger partial charge in [-0.1, -0.05) is 22.9 Å². The van der Waals surface area contributed by atoms with Gasteiger partial charge >= 0.3 is 11.9 Å². The van der Waals surface area contributed by atoms with Gasteiger partial charge in [-0.3, -0.25) is 14.4 Å². The second-order valence-electron chi connectivity index (χ2n) is 7.67. The van der Waals surface area contributed by atoms with Crippen LogP contribution in [0.25, 0.3) is 0 Å². The lowest BCUT2D eigenvalue weighted by Gasteiger charge is -2.10. The number of esters is 2. The molecule has 1 atom stereocenters. The van der Waals surface area contributed by atoms with Gasteiger partial charge in [0.15, 0.2) is 5.12 Å². The summed E-state index contributed by atoms with van der Waals surface area (Å²) in [4.78, 5) is 35.3. The number of thioether (sulfide) groups is 8. The summed E-state index contributed by atoms with van der Waals surface area (Å²) in [7, 11) is 0. The van der Waals surface area contributed by atoms with Crippen LogP contribution in [-0.4, -0.2) is 130 Å². The number of hydrogen-bond acceptors (Lipinski definition) is 16. The Balaban J connectivity index is 3.41. The maximum Gasteiger partial charge on any atom is 0.306 e. The first-order valence-corrected chi connectivity index (χ1v) is 23.6. The Labute approximate surface area is 283 Å². The van der Waals surface area contributed by atoms with Crippen molar-refractivity contribution < 1.29 is 38.6 Å². The Bertz CT molecular complexity index is 638. The van der Waals surface area contributed by atoms with Crippen LogP contribution in [0.5, 0.6) is 0 Å². The number of aliphatic hydroxyl groups is 2. The Morgan fingerprint density at radius 1 is 0.585 bits per heavy atom. The first kappa shape index (κ1) is 42.6. The fraction of sp³-hybridized carbons (Fsp3) is 0.875. The molecular weight excluding hydrogens is 705 g/mol. The molecule has 0 saturated heterocycles. The minimum absolute atomic E-state index is 0.104. The molecule has 0 aliphatic carbocycles. The molecule has 0 aliphatic heterocycles. The van der Waals surface area contributed by atoms with E-state index in [1.807, 2.05) is 0 Å². The number of aliphatic hydroxyl groups excluding tert-OH is 2. The van der Waals surface area contributed by atoms with Crippen molar-refractivity contribution in [1.82, 2.24) is 0 Å². The van der Waals surface area contributed by atoms with Gasteiger partial charge in [0.25, 0.3) is 0 Å². The highest BCUT2D eigenvalue weighted by molar-refractivity contribution is 8.16. The molecule has 0 fully saturated rings. The highest BCUT2D eigenvalue weighted by Crippen LogP contribution is 2.15. The zero-order valence-electron chi connectivity index (χ0n) is 23.4. The van der Waals surface area contributed by atoms with Gasteiger partial charge in [0.1, 0.15) is 24.7 Å². The predicted octanol–water partition coefficient (Wildman–Crippen LogP) is 4.59. The lowest BCUT2D eigenvalue weighted by atomic mass is 10.5. The van der Waals surface area contributed by atoms with E-state index in [-0.39, 0.29) is 28.9 Å². The van der Waals surface area contributed by atoms with Gasteiger partial charge in [-0.05, 0) is 5.75 Å². The molecule has 242 valence electrons. The zero-order valence-corrected chi connectivity index (χ0v) is 30.7. The van der Waals surface area contributed by atoms with E-state index in [2.05, 4.69) is 0 Å². The van der Waals surface area contributed by atoms with Crippen molar-refractivity contribution in [3.8, 4) is 0 Å². The minimum atomic E-state index is -0.836. The second-order valence-corrected chi connectivity index (χ2v) is 19.0. The van der Waals surface area contributed by atoms with E-state index in [4.69, 9.17) is 19.7 Å². The van der Waals surface area contributed by atoms with Crippen molar-refractivity contribution in [2.24, 2.45) is 0 Å². The fourth-order valence-electron chi connectivity index (χ4n) is 2.52. The van der Waals surface area contributed by atoms with Gasteiger partial charge < -0.3 is 24.2 Å². The number of rotatable bonds is 31. The van der Waals surface area contributed by atoms with Crippen molar-refractivity contribution >= 4 is 122 Å². The van der Waals surface area contributed by atoms with Crippen LogP contribution in [0.15, 0.2) is 0 Å². The highest BCUT2D eigenvalue weighted by atomic mass is 32.2. The van der Waals surface area contributed by atoms with Crippen molar-refractivity contribution in [3.05, 3.63) is 0 Å². The molecule has 8 nitrogen and oxygen atoms in total. The molecule has 17 heteroatoms. The summed E-state index contributed by atoms with van der Waals surface area (Å²) >= 11 is 11.6. The molecular formula is C24H44O8S9. The third-order valence-corrected chi connectivity index (χ3v) is 14.3. The van der Waals surface area contributed by atoms with Crippen LogP contribution in [0.3, 0.4) is 0 Å². The van der Waals surface area contributed by atoms with E-state index in [1.54, 1.807) is 58.8 Å². The number of carbonyl (C=O) groups excluding carboxylic acids is 3. The summed E-state index contributed by atoms with van der Waals surface area (Å²) in [6.07, 6.45) is 2.10. The quantitative estimate of drug-likeness (QED) is 0.0443. The van der Waals surface area contributed by atoms with E-state index in [0.717, 1.165) is 51.1 Å². The summed E-state index contributed by atoms with van der Waals surface area (Å²) in [6.45, 7) is 0.789. The summed E-state index contributed by atoms with van der Waals surface area (Å²) in [5, 5.41) is 19.1. The Morgan fingerprint density at radius 2 is 1.12 bits per heavy atom. The highest BCUT2D eigenvalue weighted by Gasteiger charge is 2.09. The van der Waals surface area contributed by atoms with E-state index in [0.29, 0.717) is 61.2 Å². The molecule has 41 heavy (non-hydrogen) atoms. The molecule has 0 aliphatic rings. The molecule has 1 unspecified atom stereocenters. The predicted molar refractivity (Wildman–Crippen MR) is 192 cm³/mol. The maximum absolute atomic E-state index is 12.1. The first-order chi connectivity index (χ1) is 20.0. The van der Waals surface area contributed by atoms with Crippen LogP contribution in [-0.2, 0) is 35.0 Å². The molecule has 0 heterocycles. The largest absolute Gasteiger partial charge is 0.616 e. The molecule has 0 saturated carbocycles. The molecule has 0 spiro atoms. The SMILES string of the molecule is O=C(CCSCCC[S+]([O-])CCSCCSC(=O)CCSCCC(=O)OCCSCSCO)OCCSCSCO. The standard InChI is InChI=1S/C24H44O8S9/c25-18-38-20-36-11-5-31-22(27)2-8-33-7-1-16-41(30)17-15-35-13-14-40-24(29)4-10-34-9-3-23(28)32-6-12-37-21-39-19-26/h25-26H,1-21H2. The minimum Gasteiger partial charge on any atom is -0.616 e. The molecule has 0 bridgehead atoms. The van der Waals surface area contributed by atoms with Gasteiger partial charge in [0, 0.05) is 69.0 Å². The smallest absolute Gasteiger partial charge is 0.306 e. The summed E-state index contributed by atoms with van der Waals surface area (Å²) in [6, 6.07) is 0. The third kappa shape index (κ3) is 34.4. The normalized spacial score (nSPS) is 11.9. The number of ether oxygens (including phenoxy) is 2.